The number of halogens is 1. The van der Waals surface area contributed by atoms with Crippen molar-refractivity contribution in [2.75, 3.05) is 43.9 Å². The Morgan fingerprint density at radius 2 is 2.00 bits per heavy atom. The number of hydrogen-bond acceptors (Lipinski definition) is 6. The molecule has 132 valence electrons. The fourth-order valence-corrected chi connectivity index (χ4v) is 3.20. The molecule has 4 rings (SSSR count). The van der Waals surface area contributed by atoms with Gasteiger partial charge in [-0.1, -0.05) is 12.1 Å². The van der Waals surface area contributed by atoms with Crippen molar-refractivity contribution in [2.45, 2.75) is 6.42 Å². The maximum absolute atomic E-state index is 6.13. The lowest BCUT2D eigenvalue weighted by Crippen LogP contribution is -2.30. The molecule has 25 heavy (non-hydrogen) atoms. The second-order valence-corrected chi connectivity index (χ2v) is 6.24. The van der Waals surface area contributed by atoms with Gasteiger partial charge in [0, 0.05) is 30.6 Å². The molecule has 1 aromatic carbocycles. The molecule has 1 aliphatic rings. The number of aromatic nitrogens is 4. The first-order valence-electron chi connectivity index (χ1n) is 8.21. The van der Waals surface area contributed by atoms with E-state index in [1.165, 1.54) is 0 Å². The number of nitrogens with one attached hydrogen (secondary N) is 1. The molecule has 7 nitrogen and oxygen atoms in total. The number of hydrogen-bond donors (Lipinski definition) is 2. The van der Waals surface area contributed by atoms with Crippen LogP contribution in [0.2, 0.25) is 0 Å². The van der Waals surface area contributed by atoms with Crippen LogP contribution in [-0.2, 0) is 0 Å². The second kappa shape index (κ2) is 7.25. The molecule has 0 aliphatic carbocycles. The van der Waals surface area contributed by atoms with E-state index in [2.05, 4.69) is 32.0 Å². The summed E-state index contributed by atoms with van der Waals surface area (Å²) in [6, 6.07) is 6.04. The van der Waals surface area contributed by atoms with Crippen molar-refractivity contribution in [3.63, 3.8) is 0 Å². The van der Waals surface area contributed by atoms with Crippen LogP contribution in [0.15, 0.2) is 30.6 Å². The van der Waals surface area contributed by atoms with E-state index in [1.807, 2.05) is 24.4 Å². The third-order valence-corrected chi connectivity index (χ3v) is 4.56. The predicted octanol–water partition coefficient (Wildman–Crippen LogP) is 2.17. The Morgan fingerprint density at radius 1 is 1.12 bits per heavy atom. The topological polar surface area (TPSA) is 87.0 Å². The summed E-state index contributed by atoms with van der Waals surface area (Å²) >= 11 is 0. The van der Waals surface area contributed by atoms with Gasteiger partial charge in [-0.15, -0.1) is 12.4 Å². The number of likely N-dealkylation sites (N-methyl/N-ethyl adjacent to an activating group) is 1. The van der Waals surface area contributed by atoms with E-state index in [0.717, 1.165) is 60.6 Å². The second-order valence-electron chi connectivity index (χ2n) is 6.24. The van der Waals surface area contributed by atoms with Gasteiger partial charge in [0.05, 0.1) is 23.6 Å². The molecule has 0 saturated carbocycles. The lowest BCUT2D eigenvalue weighted by atomic mass is 10.1. The van der Waals surface area contributed by atoms with Crippen LogP contribution in [0, 0.1) is 0 Å². The van der Waals surface area contributed by atoms with Gasteiger partial charge >= 0.3 is 0 Å². The molecule has 0 radical (unpaired) electrons. The van der Waals surface area contributed by atoms with Gasteiger partial charge in [-0.3, -0.25) is 5.10 Å². The fourth-order valence-electron chi connectivity index (χ4n) is 3.20. The Labute approximate surface area is 152 Å². The number of fused-ring (bicyclic) bond motifs is 1. The molecule has 1 fully saturated rings. The van der Waals surface area contributed by atoms with Crippen molar-refractivity contribution in [1.82, 2.24) is 25.1 Å². The van der Waals surface area contributed by atoms with Crippen molar-refractivity contribution in [3.05, 3.63) is 30.6 Å². The molecule has 0 atom stereocenters. The van der Waals surface area contributed by atoms with Gasteiger partial charge in [-0.05, 0) is 26.1 Å². The lowest BCUT2D eigenvalue weighted by molar-refractivity contribution is 0.360. The van der Waals surface area contributed by atoms with Crippen LogP contribution in [0.5, 0.6) is 0 Å². The number of nitrogens with two attached hydrogens (primary N) is 1. The molecule has 1 aliphatic heterocycles. The van der Waals surface area contributed by atoms with E-state index in [4.69, 9.17) is 10.7 Å². The first-order valence-corrected chi connectivity index (χ1v) is 8.21. The van der Waals surface area contributed by atoms with E-state index >= 15 is 0 Å². The molecule has 3 heterocycles. The Kier molecular flexibility index (Phi) is 5.06. The highest BCUT2D eigenvalue weighted by molar-refractivity contribution is 5.93. The Bertz CT molecular complexity index is 863. The van der Waals surface area contributed by atoms with Crippen LogP contribution in [0.25, 0.3) is 22.2 Å². The number of aromatic amines is 1. The highest BCUT2D eigenvalue weighted by atomic mass is 35.5. The van der Waals surface area contributed by atoms with Gasteiger partial charge in [0.2, 0.25) is 0 Å². The van der Waals surface area contributed by atoms with E-state index < -0.39 is 0 Å². The number of anilines is 2. The van der Waals surface area contributed by atoms with E-state index in [-0.39, 0.29) is 12.4 Å². The molecule has 1 saturated heterocycles. The van der Waals surface area contributed by atoms with Crippen LogP contribution in [0.3, 0.4) is 0 Å². The fraction of sp³-hybridized carbons (Fsp3) is 0.353. The van der Waals surface area contributed by atoms with Crippen LogP contribution >= 0.6 is 12.4 Å². The molecule has 3 aromatic rings. The molecule has 0 spiro atoms. The van der Waals surface area contributed by atoms with Gasteiger partial charge in [0.25, 0.3) is 0 Å². The zero-order valence-corrected chi connectivity index (χ0v) is 15.0. The van der Waals surface area contributed by atoms with E-state index in [0.29, 0.717) is 5.82 Å². The summed E-state index contributed by atoms with van der Waals surface area (Å²) in [6.07, 6.45) is 4.66. The Hall–Kier alpha value is -2.38. The van der Waals surface area contributed by atoms with E-state index in [1.54, 1.807) is 6.20 Å². The zero-order valence-electron chi connectivity index (χ0n) is 14.1. The molecule has 3 N–H and O–H groups in total. The van der Waals surface area contributed by atoms with Gasteiger partial charge in [0.1, 0.15) is 0 Å². The van der Waals surface area contributed by atoms with Crippen molar-refractivity contribution >= 4 is 34.9 Å². The van der Waals surface area contributed by atoms with Gasteiger partial charge in [-0.25, -0.2) is 9.97 Å². The SMILES string of the molecule is CN1CCCN(c2nc(-c3cccc4[nH]ncc34)cnc2N)CC1.Cl. The standard InChI is InChI=1S/C17H21N7.ClH/c1-23-6-3-7-24(9-8-23)17-16(18)19-11-15(21-17)12-4-2-5-14-13(12)10-20-22-14;/h2,4-5,10-11H,3,6-9H2,1H3,(H2,18,19)(H,20,22);1H. The van der Waals surface area contributed by atoms with Gasteiger partial charge in [0.15, 0.2) is 11.6 Å². The number of H-pyrrole nitrogens is 1. The monoisotopic (exact) mass is 359 g/mol. The van der Waals surface area contributed by atoms with Crippen LogP contribution in [0.1, 0.15) is 6.42 Å². The maximum atomic E-state index is 6.13. The molecule has 0 unspecified atom stereocenters. The zero-order chi connectivity index (χ0) is 16.5. The number of nitrogens with zero attached hydrogens (tertiary/aromatic N) is 5. The quantitative estimate of drug-likeness (QED) is 0.729. The number of nitrogen functional groups attached to an aromatic ring is 1. The summed E-state index contributed by atoms with van der Waals surface area (Å²) in [5.74, 6) is 1.27. The number of rotatable bonds is 2. The third kappa shape index (κ3) is 3.38. The summed E-state index contributed by atoms with van der Waals surface area (Å²) in [5, 5.41) is 8.16. The van der Waals surface area contributed by atoms with Gasteiger partial charge < -0.3 is 15.5 Å². The maximum Gasteiger partial charge on any atom is 0.172 e. The highest BCUT2D eigenvalue weighted by Gasteiger charge is 2.18. The van der Waals surface area contributed by atoms with Crippen molar-refractivity contribution in [2.24, 2.45) is 0 Å². The molecule has 0 amide bonds. The average molecular weight is 360 g/mol. The first-order chi connectivity index (χ1) is 11.7. The average Bonchev–Trinajstić information content (AvgIpc) is 2.97. The van der Waals surface area contributed by atoms with E-state index in [9.17, 15) is 0 Å². The summed E-state index contributed by atoms with van der Waals surface area (Å²) < 4.78 is 0. The molecular weight excluding hydrogens is 338 g/mol. The molecular formula is C17H22ClN7. The molecule has 2 aromatic heterocycles. The van der Waals surface area contributed by atoms with Crippen molar-refractivity contribution in [1.29, 1.82) is 0 Å². The minimum absolute atomic E-state index is 0. The highest BCUT2D eigenvalue weighted by Crippen LogP contribution is 2.29. The van der Waals surface area contributed by atoms with Crippen molar-refractivity contribution in [3.8, 4) is 11.3 Å². The van der Waals surface area contributed by atoms with Crippen molar-refractivity contribution < 1.29 is 0 Å². The molecule has 8 heteroatoms. The Balaban J connectivity index is 0.00000182. The first kappa shape index (κ1) is 17.4. The molecule has 0 bridgehead atoms. The van der Waals surface area contributed by atoms with Gasteiger partial charge in [-0.2, -0.15) is 5.10 Å². The normalized spacial score (nSPS) is 15.8. The van der Waals surface area contributed by atoms with Crippen LogP contribution in [0.4, 0.5) is 11.6 Å². The summed E-state index contributed by atoms with van der Waals surface area (Å²) in [4.78, 5) is 13.8. The minimum atomic E-state index is 0. The summed E-state index contributed by atoms with van der Waals surface area (Å²) in [6.45, 7) is 3.96. The minimum Gasteiger partial charge on any atom is -0.381 e. The smallest absolute Gasteiger partial charge is 0.172 e. The third-order valence-electron chi connectivity index (χ3n) is 4.56. The summed E-state index contributed by atoms with van der Waals surface area (Å²) in [5.41, 5.74) is 8.96. The largest absolute Gasteiger partial charge is 0.381 e. The van der Waals surface area contributed by atoms with Crippen LogP contribution < -0.4 is 10.6 Å². The number of benzene rings is 1. The predicted molar refractivity (Wildman–Crippen MR) is 103 cm³/mol. The van der Waals surface area contributed by atoms with Crippen LogP contribution in [-0.4, -0.2) is 58.3 Å². The lowest BCUT2D eigenvalue weighted by Gasteiger charge is -2.23. The Morgan fingerprint density at radius 3 is 2.88 bits per heavy atom. The summed E-state index contributed by atoms with van der Waals surface area (Å²) in [7, 11) is 2.15.